The molecule has 0 radical (unpaired) electrons. The van der Waals surface area contributed by atoms with Gasteiger partial charge >= 0.3 is 6.09 Å². The van der Waals surface area contributed by atoms with Crippen LogP contribution in [0.15, 0.2) is 22.7 Å². The van der Waals surface area contributed by atoms with Gasteiger partial charge in [0.25, 0.3) is 0 Å². The Hall–Kier alpha value is -0.780. The summed E-state index contributed by atoms with van der Waals surface area (Å²) in [5, 5.41) is 4.27. The minimum absolute atomic E-state index is 0.214. The largest absolute Gasteiger partial charge is 0.444 e. The molecule has 1 saturated heterocycles. The molecule has 2 rings (SSSR count). The molecule has 23 heavy (non-hydrogen) atoms. The topological polar surface area (TPSA) is 41.6 Å². The number of benzene rings is 1. The number of halogens is 2. The number of hydrogen-bond donors (Lipinski definition) is 1. The Morgan fingerprint density at radius 2 is 2.04 bits per heavy atom. The number of nitrogens with zero attached hydrogens (tertiary/aromatic N) is 1. The van der Waals surface area contributed by atoms with Gasteiger partial charge in [0.2, 0.25) is 0 Å². The van der Waals surface area contributed by atoms with Crippen LogP contribution in [0.1, 0.15) is 39.2 Å². The molecule has 0 spiro atoms. The van der Waals surface area contributed by atoms with E-state index < -0.39 is 5.60 Å². The third-order valence-corrected chi connectivity index (χ3v) is 5.24. The fourth-order valence-electron chi connectivity index (χ4n) is 2.53. The van der Waals surface area contributed by atoms with Gasteiger partial charge in [0.05, 0.1) is 5.02 Å². The van der Waals surface area contributed by atoms with Gasteiger partial charge in [-0.3, -0.25) is 0 Å². The Morgan fingerprint density at radius 1 is 1.39 bits per heavy atom. The molecule has 0 bridgehead atoms. The van der Waals surface area contributed by atoms with Gasteiger partial charge in [-0.2, -0.15) is 0 Å². The fraction of sp³-hybridized carbons (Fsp3) is 0.588. The summed E-state index contributed by atoms with van der Waals surface area (Å²) in [6.45, 7) is 7.89. The molecule has 1 fully saturated rings. The number of carbonyl (C=O) groups is 1. The van der Waals surface area contributed by atoms with Gasteiger partial charge in [0.1, 0.15) is 5.60 Å². The van der Waals surface area contributed by atoms with Crippen LogP contribution >= 0.6 is 27.5 Å². The normalized spacial score (nSPS) is 16.5. The number of piperidine rings is 1. The van der Waals surface area contributed by atoms with Crippen molar-refractivity contribution in [3.8, 4) is 0 Å². The molecule has 4 nitrogen and oxygen atoms in total. The Morgan fingerprint density at radius 3 is 2.65 bits per heavy atom. The van der Waals surface area contributed by atoms with E-state index in [2.05, 4.69) is 27.3 Å². The van der Waals surface area contributed by atoms with E-state index >= 15 is 0 Å². The summed E-state index contributed by atoms with van der Waals surface area (Å²) in [4.78, 5) is 13.8. The van der Waals surface area contributed by atoms with Crippen LogP contribution in [0.4, 0.5) is 4.79 Å². The first-order chi connectivity index (χ1) is 10.8. The predicted octanol–water partition coefficient (Wildman–Crippen LogP) is 4.59. The van der Waals surface area contributed by atoms with Crippen LogP contribution in [0.3, 0.4) is 0 Å². The first kappa shape index (κ1) is 18.6. The molecular formula is C17H24BrClN2O2. The standard InChI is InChI=1S/C17H24BrClN2O2/c1-17(2,3)23-16(22)21-9-7-13(8-10-21)20-11-12-5-4-6-14(19)15(12)18/h4-6,13,20H,7-11H2,1-3H3. The zero-order valence-corrected chi connectivity index (χ0v) is 16.2. The minimum Gasteiger partial charge on any atom is -0.444 e. The second-order valence-electron chi connectivity index (χ2n) is 6.84. The number of carbonyl (C=O) groups excluding carboxylic acids is 1. The molecule has 1 aromatic rings. The van der Waals surface area contributed by atoms with E-state index in [1.54, 1.807) is 4.90 Å². The molecule has 1 aromatic carbocycles. The van der Waals surface area contributed by atoms with E-state index in [9.17, 15) is 4.79 Å². The van der Waals surface area contributed by atoms with Crippen molar-refractivity contribution in [1.29, 1.82) is 0 Å². The van der Waals surface area contributed by atoms with Crippen LogP contribution in [0.25, 0.3) is 0 Å². The first-order valence-electron chi connectivity index (χ1n) is 7.90. The highest BCUT2D eigenvalue weighted by Crippen LogP contribution is 2.26. The maximum Gasteiger partial charge on any atom is 0.410 e. The van der Waals surface area contributed by atoms with Crippen LogP contribution in [-0.4, -0.2) is 35.7 Å². The Balaban J connectivity index is 1.79. The lowest BCUT2D eigenvalue weighted by Crippen LogP contribution is -2.46. The van der Waals surface area contributed by atoms with Gasteiger partial charge < -0.3 is 15.0 Å². The summed E-state index contributed by atoms with van der Waals surface area (Å²) in [5.41, 5.74) is 0.706. The highest BCUT2D eigenvalue weighted by molar-refractivity contribution is 9.10. The third kappa shape index (κ3) is 5.66. The maximum atomic E-state index is 12.0. The highest BCUT2D eigenvalue weighted by atomic mass is 79.9. The Labute approximate surface area is 151 Å². The molecule has 1 aliphatic rings. The smallest absolute Gasteiger partial charge is 0.410 e. The number of likely N-dealkylation sites (tertiary alicyclic amines) is 1. The van der Waals surface area contributed by atoms with Gasteiger partial charge in [-0.15, -0.1) is 0 Å². The molecule has 1 heterocycles. The van der Waals surface area contributed by atoms with Crippen LogP contribution in [0.5, 0.6) is 0 Å². The summed E-state index contributed by atoms with van der Waals surface area (Å²) in [6.07, 6.45) is 1.64. The average molecular weight is 404 g/mol. The maximum absolute atomic E-state index is 12.0. The van der Waals surface area contributed by atoms with Gasteiger partial charge in [0, 0.05) is 30.1 Å². The summed E-state index contributed by atoms with van der Waals surface area (Å²) in [7, 11) is 0. The highest BCUT2D eigenvalue weighted by Gasteiger charge is 2.26. The second-order valence-corrected chi connectivity index (χ2v) is 8.04. The minimum atomic E-state index is -0.439. The van der Waals surface area contributed by atoms with Crippen molar-refractivity contribution in [2.75, 3.05) is 13.1 Å². The molecule has 128 valence electrons. The van der Waals surface area contributed by atoms with Gasteiger partial charge in [-0.05, 0) is 61.2 Å². The lowest BCUT2D eigenvalue weighted by molar-refractivity contribution is 0.0198. The van der Waals surface area contributed by atoms with E-state index in [1.165, 1.54) is 0 Å². The van der Waals surface area contributed by atoms with Crippen molar-refractivity contribution in [3.63, 3.8) is 0 Å². The van der Waals surface area contributed by atoms with Crippen molar-refractivity contribution in [1.82, 2.24) is 10.2 Å². The van der Waals surface area contributed by atoms with E-state index in [1.807, 2.05) is 32.9 Å². The van der Waals surface area contributed by atoms with E-state index in [0.29, 0.717) is 6.04 Å². The molecule has 0 aliphatic carbocycles. The van der Waals surface area contributed by atoms with E-state index in [4.69, 9.17) is 16.3 Å². The number of amides is 1. The van der Waals surface area contributed by atoms with Gasteiger partial charge in [-0.1, -0.05) is 23.7 Å². The van der Waals surface area contributed by atoms with E-state index in [0.717, 1.165) is 47.5 Å². The molecule has 0 atom stereocenters. The average Bonchev–Trinajstić information content (AvgIpc) is 2.47. The summed E-state index contributed by atoms with van der Waals surface area (Å²) in [5.74, 6) is 0. The van der Waals surface area contributed by atoms with Crippen molar-refractivity contribution in [3.05, 3.63) is 33.3 Å². The predicted molar refractivity (Wildman–Crippen MR) is 96.8 cm³/mol. The molecule has 0 saturated carbocycles. The zero-order chi connectivity index (χ0) is 17.0. The molecule has 1 aliphatic heterocycles. The van der Waals surface area contributed by atoms with Crippen molar-refractivity contribution >= 4 is 33.6 Å². The number of nitrogens with one attached hydrogen (secondary N) is 1. The fourth-order valence-corrected chi connectivity index (χ4v) is 3.13. The van der Waals surface area contributed by atoms with Crippen LogP contribution in [-0.2, 0) is 11.3 Å². The summed E-state index contributed by atoms with van der Waals surface area (Å²) < 4.78 is 6.36. The molecule has 6 heteroatoms. The number of rotatable bonds is 3. The molecule has 1 N–H and O–H groups in total. The summed E-state index contributed by atoms with van der Waals surface area (Å²) in [6, 6.07) is 6.28. The number of ether oxygens (including phenoxy) is 1. The molecule has 0 unspecified atom stereocenters. The van der Waals surface area contributed by atoms with Crippen molar-refractivity contribution < 1.29 is 9.53 Å². The van der Waals surface area contributed by atoms with E-state index in [-0.39, 0.29) is 6.09 Å². The van der Waals surface area contributed by atoms with Crippen LogP contribution in [0.2, 0.25) is 5.02 Å². The first-order valence-corrected chi connectivity index (χ1v) is 9.07. The summed E-state index contributed by atoms with van der Waals surface area (Å²) >= 11 is 9.63. The Kier molecular flexibility index (Phi) is 6.34. The lowest BCUT2D eigenvalue weighted by Gasteiger charge is -2.33. The lowest BCUT2D eigenvalue weighted by atomic mass is 10.0. The monoisotopic (exact) mass is 402 g/mol. The van der Waals surface area contributed by atoms with Crippen LogP contribution < -0.4 is 5.32 Å². The van der Waals surface area contributed by atoms with Crippen molar-refractivity contribution in [2.24, 2.45) is 0 Å². The third-order valence-electron chi connectivity index (χ3n) is 3.76. The second kappa shape index (κ2) is 7.86. The van der Waals surface area contributed by atoms with Crippen molar-refractivity contribution in [2.45, 2.75) is 51.8 Å². The van der Waals surface area contributed by atoms with Gasteiger partial charge in [0.15, 0.2) is 0 Å². The number of hydrogen-bond acceptors (Lipinski definition) is 3. The molecular weight excluding hydrogens is 380 g/mol. The van der Waals surface area contributed by atoms with Crippen LogP contribution in [0, 0.1) is 0 Å². The molecule has 0 aromatic heterocycles. The zero-order valence-electron chi connectivity index (χ0n) is 13.9. The SMILES string of the molecule is CC(C)(C)OC(=O)N1CCC(NCc2cccc(Cl)c2Br)CC1. The van der Waals surface area contributed by atoms with Gasteiger partial charge in [-0.25, -0.2) is 4.79 Å². The quantitative estimate of drug-likeness (QED) is 0.802. The Bertz CT molecular complexity index is 552. The molecule has 1 amide bonds.